The average molecular weight is 496 g/mol. The molecule has 0 saturated carbocycles. The van der Waals surface area contributed by atoms with Gasteiger partial charge in [0.2, 0.25) is 11.6 Å². The van der Waals surface area contributed by atoms with Gasteiger partial charge in [-0.3, -0.25) is 0 Å². The lowest BCUT2D eigenvalue weighted by Gasteiger charge is -2.16. The van der Waals surface area contributed by atoms with Crippen LogP contribution >= 0.6 is 35.6 Å². The molecule has 0 amide bonds. The Morgan fingerprint density at radius 3 is 2.00 bits per heavy atom. The number of rotatable bonds is 1. The van der Waals surface area contributed by atoms with Crippen LogP contribution < -0.4 is 5.62 Å². The van der Waals surface area contributed by atoms with Crippen molar-refractivity contribution in [1.29, 1.82) is 0 Å². The quantitative estimate of drug-likeness (QED) is 0.279. The molecule has 5 nitrogen and oxygen atoms in total. The molecule has 0 bridgehead atoms. The van der Waals surface area contributed by atoms with Crippen molar-refractivity contribution in [3.63, 3.8) is 0 Å². The highest BCUT2D eigenvalue weighted by Gasteiger charge is 2.17. The predicted octanol–water partition coefficient (Wildman–Crippen LogP) is 4.47. The molecule has 1 saturated heterocycles. The average Bonchev–Trinajstić information content (AvgIpc) is 3.27. The smallest absolute Gasteiger partial charge is 0.229 e. The Hall–Kier alpha value is -1.80. The van der Waals surface area contributed by atoms with Gasteiger partial charge in [0.1, 0.15) is 0 Å². The van der Waals surface area contributed by atoms with Crippen LogP contribution in [0.15, 0.2) is 58.5 Å². The highest BCUT2D eigenvalue weighted by atomic mass is 127. The number of benzene rings is 2. The molecule has 1 aromatic heterocycles. The Morgan fingerprint density at radius 2 is 1.44 bits per heavy atom. The van der Waals surface area contributed by atoms with E-state index < -0.39 is 0 Å². The number of halogens is 2. The predicted molar refractivity (Wildman–Crippen MR) is 122 cm³/mol. The van der Waals surface area contributed by atoms with Crippen LogP contribution in [0.5, 0.6) is 0 Å². The number of likely N-dealkylation sites (tertiary alicyclic amines) is 1. The standard InChI is InChI=1S/C20H22ClN5.HI/c1-24-17-7-3-4-8-18(17)25(2)20(24)23-19(26-13-5-6-14-26)22-16-11-9-15(21)10-12-16;/h3-4,7-12H,5-6,13-14H2,1-2H3;1H. The molecule has 1 aliphatic heterocycles. The molecule has 3 aromatic rings. The summed E-state index contributed by atoms with van der Waals surface area (Å²) < 4.78 is 4.23. The van der Waals surface area contributed by atoms with Gasteiger partial charge in [-0.2, -0.15) is 4.99 Å². The molecule has 2 aromatic carbocycles. The zero-order chi connectivity index (χ0) is 18.1. The van der Waals surface area contributed by atoms with Crippen molar-refractivity contribution in [2.24, 2.45) is 24.1 Å². The lowest BCUT2D eigenvalue weighted by atomic mass is 10.3. The van der Waals surface area contributed by atoms with Crippen molar-refractivity contribution in [2.45, 2.75) is 12.8 Å². The summed E-state index contributed by atoms with van der Waals surface area (Å²) in [5.74, 6) is 0.756. The molecule has 0 N–H and O–H groups in total. The number of hydrogen-bond acceptors (Lipinski definition) is 1. The largest absolute Gasteiger partial charge is 0.341 e. The van der Waals surface area contributed by atoms with Crippen LogP contribution in [0.2, 0.25) is 5.02 Å². The number of hydrogen-bond donors (Lipinski definition) is 0. The fourth-order valence-corrected chi connectivity index (χ4v) is 3.55. The van der Waals surface area contributed by atoms with E-state index in [1.807, 2.05) is 38.4 Å². The maximum Gasteiger partial charge on any atom is 0.229 e. The maximum atomic E-state index is 6.00. The molecule has 142 valence electrons. The number of para-hydroxylation sites is 2. The van der Waals surface area contributed by atoms with Crippen LogP contribution in [0.25, 0.3) is 11.0 Å². The number of guanidine groups is 1. The van der Waals surface area contributed by atoms with Crippen LogP contribution in [-0.4, -0.2) is 33.1 Å². The van der Waals surface area contributed by atoms with E-state index in [-0.39, 0.29) is 24.0 Å². The SMILES string of the molecule is Cn1c(=NC(=Nc2ccc(Cl)cc2)N2CCCC2)n(C)c2ccccc21.I. The summed E-state index contributed by atoms with van der Waals surface area (Å²) in [6.07, 6.45) is 2.35. The fourth-order valence-electron chi connectivity index (χ4n) is 3.43. The third kappa shape index (κ3) is 4.06. The minimum absolute atomic E-state index is 0. The second-order valence-electron chi connectivity index (χ2n) is 6.60. The third-order valence-electron chi connectivity index (χ3n) is 4.85. The highest BCUT2D eigenvalue weighted by molar-refractivity contribution is 14.0. The van der Waals surface area contributed by atoms with Gasteiger partial charge in [0.15, 0.2) is 0 Å². The normalized spacial score (nSPS) is 14.5. The molecule has 4 rings (SSSR count). The lowest BCUT2D eigenvalue weighted by Crippen LogP contribution is -2.31. The summed E-state index contributed by atoms with van der Waals surface area (Å²) in [5.41, 5.74) is 4.05. The van der Waals surface area contributed by atoms with Crippen molar-refractivity contribution < 1.29 is 0 Å². The van der Waals surface area contributed by atoms with E-state index in [2.05, 4.69) is 38.3 Å². The van der Waals surface area contributed by atoms with Gasteiger partial charge in [-0.15, -0.1) is 24.0 Å². The van der Waals surface area contributed by atoms with Crippen molar-refractivity contribution >= 4 is 58.3 Å². The van der Waals surface area contributed by atoms with E-state index in [9.17, 15) is 0 Å². The molecular weight excluding hydrogens is 473 g/mol. The van der Waals surface area contributed by atoms with Gasteiger partial charge in [-0.25, -0.2) is 4.99 Å². The van der Waals surface area contributed by atoms with E-state index in [1.54, 1.807) is 0 Å². The van der Waals surface area contributed by atoms with E-state index >= 15 is 0 Å². The lowest BCUT2D eigenvalue weighted by molar-refractivity contribution is 0.510. The van der Waals surface area contributed by atoms with Crippen LogP contribution in [0.3, 0.4) is 0 Å². The Morgan fingerprint density at radius 1 is 0.889 bits per heavy atom. The third-order valence-corrected chi connectivity index (χ3v) is 5.10. The zero-order valence-electron chi connectivity index (χ0n) is 15.5. The fraction of sp³-hybridized carbons (Fsp3) is 0.300. The molecule has 0 aliphatic carbocycles. The summed E-state index contributed by atoms with van der Waals surface area (Å²) in [5, 5.41) is 0.712. The Balaban J connectivity index is 0.00000210. The van der Waals surface area contributed by atoms with E-state index in [1.165, 1.54) is 12.8 Å². The number of aliphatic imine (C=N–C) groups is 1. The summed E-state index contributed by atoms with van der Waals surface area (Å²) in [6, 6.07) is 15.9. The molecule has 0 radical (unpaired) electrons. The van der Waals surface area contributed by atoms with E-state index in [4.69, 9.17) is 21.6 Å². The van der Waals surface area contributed by atoms with Crippen LogP contribution in [0, 0.1) is 0 Å². The van der Waals surface area contributed by atoms with Crippen LogP contribution in [0.4, 0.5) is 5.69 Å². The van der Waals surface area contributed by atoms with Crippen molar-refractivity contribution in [3.05, 3.63) is 59.2 Å². The van der Waals surface area contributed by atoms with Gasteiger partial charge in [0.25, 0.3) is 0 Å². The Kier molecular flexibility index (Phi) is 6.26. The molecule has 1 aliphatic rings. The van der Waals surface area contributed by atoms with E-state index in [0.29, 0.717) is 5.02 Å². The van der Waals surface area contributed by atoms with Gasteiger partial charge in [0.05, 0.1) is 16.7 Å². The zero-order valence-corrected chi connectivity index (χ0v) is 18.6. The maximum absolute atomic E-state index is 6.00. The number of imidazole rings is 1. The minimum Gasteiger partial charge on any atom is -0.341 e. The monoisotopic (exact) mass is 495 g/mol. The van der Waals surface area contributed by atoms with Gasteiger partial charge < -0.3 is 14.0 Å². The second-order valence-corrected chi connectivity index (χ2v) is 7.04. The molecule has 0 spiro atoms. The first-order valence-corrected chi connectivity index (χ1v) is 9.26. The Bertz CT molecular complexity index is 985. The van der Waals surface area contributed by atoms with Gasteiger partial charge in [-0.1, -0.05) is 23.7 Å². The molecule has 0 unspecified atom stereocenters. The van der Waals surface area contributed by atoms with E-state index in [0.717, 1.165) is 41.4 Å². The first kappa shape index (κ1) is 19.9. The molecule has 1 fully saturated rings. The molecule has 7 heteroatoms. The van der Waals surface area contributed by atoms with Crippen molar-refractivity contribution in [1.82, 2.24) is 14.0 Å². The summed E-state index contributed by atoms with van der Waals surface area (Å²) >= 11 is 6.00. The van der Waals surface area contributed by atoms with Gasteiger partial charge in [-0.05, 0) is 49.2 Å². The first-order chi connectivity index (χ1) is 12.6. The first-order valence-electron chi connectivity index (χ1n) is 8.88. The van der Waals surface area contributed by atoms with Gasteiger partial charge in [0, 0.05) is 32.2 Å². The summed E-state index contributed by atoms with van der Waals surface area (Å²) in [6.45, 7) is 1.98. The number of fused-ring (bicyclic) bond motifs is 1. The van der Waals surface area contributed by atoms with Crippen molar-refractivity contribution in [2.75, 3.05) is 13.1 Å². The summed E-state index contributed by atoms with van der Waals surface area (Å²) in [4.78, 5) is 12.0. The van der Waals surface area contributed by atoms with Crippen LogP contribution in [-0.2, 0) is 14.1 Å². The number of nitrogens with zero attached hydrogens (tertiary/aromatic N) is 5. The number of aryl methyl sites for hydroxylation is 2. The van der Waals surface area contributed by atoms with Gasteiger partial charge >= 0.3 is 0 Å². The molecule has 2 heterocycles. The molecule has 27 heavy (non-hydrogen) atoms. The second kappa shape index (κ2) is 8.48. The van der Waals surface area contributed by atoms with Crippen molar-refractivity contribution in [3.8, 4) is 0 Å². The molecule has 0 atom stereocenters. The minimum atomic E-state index is 0. The topological polar surface area (TPSA) is 37.8 Å². The Labute approximate surface area is 181 Å². The number of aromatic nitrogens is 2. The molecular formula is C20H23ClIN5. The summed E-state index contributed by atoms with van der Waals surface area (Å²) in [7, 11) is 4.09. The highest BCUT2D eigenvalue weighted by Crippen LogP contribution is 2.19. The van der Waals surface area contributed by atoms with Crippen LogP contribution in [0.1, 0.15) is 12.8 Å².